The van der Waals surface area contributed by atoms with Gasteiger partial charge in [-0.1, -0.05) is 18.2 Å². The largest absolute Gasteiger partial charge is 0.493 e. The third kappa shape index (κ3) is 5.23. The number of nitrogens with zero attached hydrogens (tertiary/aromatic N) is 1. The maximum Gasteiger partial charge on any atom is 0.416 e. The molecule has 2 rings (SSSR count). The van der Waals surface area contributed by atoms with Gasteiger partial charge in [0, 0.05) is 11.0 Å². The maximum absolute atomic E-state index is 12.9. The van der Waals surface area contributed by atoms with E-state index in [1.54, 1.807) is 51.5 Å². The van der Waals surface area contributed by atoms with Crippen molar-refractivity contribution in [2.75, 3.05) is 27.4 Å². The predicted molar refractivity (Wildman–Crippen MR) is 105 cm³/mol. The van der Waals surface area contributed by atoms with E-state index in [0.29, 0.717) is 28.0 Å². The molecule has 0 unspecified atom stereocenters. The minimum Gasteiger partial charge on any atom is -0.493 e. The SMILES string of the molecule is CCOC(=O)N(CCc1ccc(OC)c(OC)c1)C(=O)c1ccccc1Br. The van der Waals surface area contributed by atoms with Crippen LogP contribution in [0.3, 0.4) is 0 Å². The molecular formula is C20H22BrNO5. The monoisotopic (exact) mass is 435 g/mol. The zero-order valence-corrected chi connectivity index (χ0v) is 17.1. The van der Waals surface area contributed by atoms with Gasteiger partial charge in [0.2, 0.25) is 0 Å². The van der Waals surface area contributed by atoms with Gasteiger partial charge in [-0.3, -0.25) is 4.79 Å². The van der Waals surface area contributed by atoms with E-state index in [1.165, 1.54) is 0 Å². The van der Waals surface area contributed by atoms with Crippen LogP contribution in [-0.2, 0) is 11.2 Å². The van der Waals surface area contributed by atoms with Crippen molar-refractivity contribution >= 4 is 27.9 Å². The quantitative estimate of drug-likeness (QED) is 0.648. The Hall–Kier alpha value is -2.54. The lowest BCUT2D eigenvalue weighted by molar-refractivity contribution is 0.0674. The number of halogens is 1. The number of rotatable bonds is 7. The molecule has 6 nitrogen and oxygen atoms in total. The van der Waals surface area contributed by atoms with Crippen molar-refractivity contribution in [3.63, 3.8) is 0 Å². The van der Waals surface area contributed by atoms with Crippen LogP contribution in [0.5, 0.6) is 11.5 Å². The van der Waals surface area contributed by atoms with E-state index in [9.17, 15) is 9.59 Å². The van der Waals surface area contributed by atoms with Gasteiger partial charge in [0.25, 0.3) is 5.91 Å². The van der Waals surface area contributed by atoms with Crippen LogP contribution < -0.4 is 9.47 Å². The number of methoxy groups -OCH3 is 2. The van der Waals surface area contributed by atoms with Crippen LogP contribution in [0, 0.1) is 0 Å². The lowest BCUT2D eigenvalue weighted by Gasteiger charge is -2.21. The molecule has 0 aliphatic rings. The van der Waals surface area contributed by atoms with Crippen molar-refractivity contribution in [1.29, 1.82) is 0 Å². The Morgan fingerprint density at radius 3 is 2.37 bits per heavy atom. The summed E-state index contributed by atoms with van der Waals surface area (Å²) in [7, 11) is 3.12. The van der Waals surface area contributed by atoms with Crippen molar-refractivity contribution in [3.05, 3.63) is 58.1 Å². The van der Waals surface area contributed by atoms with Crippen LogP contribution in [0.4, 0.5) is 4.79 Å². The summed E-state index contributed by atoms with van der Waals surface area (Å²) in [6.45, 7) is 2.07. The molecule has 2 amide bonds. The third-order valence-corrected chi connectivity index (χ3v) is 4.60. The summed E-state index contributed by atoms with van der Waals surface area (Å²) in [5.74, 6) is 0.795. The molecule has 0 spiro atoms. The minimum atomic E-state index is -0.668. The minimum absolute atomic E-state index is 0.175. The van der Waals surface area contributed by atoms with Gasteiger partial charge in [0.1, 0.15) is 0 Å². The molecule has 0 saturated heterocycles. The summed E-state index contributed by atoms with van der Waals surface area (Å²) in [6.07, 6.45) is -0.214. The number of carbonyl (C=O) groups excluding carboxylic acids is 2. The molecule has 27 heavy (non-hydrogen) atoms. The van der Waals surface area contributed by atoms with Crippen molar-refractivity contribution in [2.24, 2.45) is 0 Å². The highest BCUT2D eigenvalue weighted by Crippen LogP contribution is 2.28. The highest BCUT2D eigenvalue weighted by atomic mass is 79.9. The van der Waals surface area contributed by atoms with E-state index in [-0.39, 0.29) is 13.2 Å². The van der Waals surface area contributed by atoms with Crippen LogP contribution in [0.1, 0.15) is 22.8 Å². The van der Waals surface area contributed by atoms with E-state index in [4.69, 9.17) is 14.2 Å². The first-order valence-corrected chi connectivity index (χ1v) is 9.25. The van der Waals surface area contributed by atoms with E-state index in [2.05, 4.69) is 15.9 Å². The molecule has 0 heterocycles. The highest BCUT2D eigenvalue weighted by Gasteiger charge is 2.25. The van der Waals surface area contributed by atoms with E-state index < -0.39 is 12.0 Å². The summed E-state index contributed by atoms with van der Waals surface area (Å²) in [4.78, 5) is 26.3. The second-order valence-electron chi connectivity index (χ2n) is 5.57. The fourth-order valence-corrected chi connectivity index (χ4v) is 2.99. The van der Waals surface area contributed by atoms with Crippen LogP contribution >= 0.6 is 15.9 Å². The molecule has 2 aromatic rings. The molecular weight excluding hydrogens is 414 g/mol. The fourth-order valence-electron chi connectivity index (χ4n) is 2.53. The average Bonchev–Trinajstić information content (AvgIpc) is 2.68. The maximum atomic E-state index is 12.9. The molecule has 0 aromatic heterocycles. The number of ether oxygens (including phenoxy) is 3. The van der Waals surface area contributed by atoms with Gasteiger partial charge in [-0.15, -0.1) is 0 Å². The second-order valence-corrected chi connectivity index (χ2v) is 6.43. The molecule has 0 N–H and O–H groups in total. The molecule has 0 aliphatic heterocycles. The van der Waals surface area contributed by atoms with Gasteiger partial charge in [-0.2, -0.15) is 0 Å². The van der Waals surface area contributed by atoms with Crippen LogP contribution in [0.2, 0.25) is 0 Å². The number of hydrogen-bond donors (Lipinski definition) is 0. The fraction of sp³-hybridized carbons (Fsp3) is 0.300. The lowest BCUT2D eigenvalue weighted by atomic mass is 10.1. The van der Waals surface area contributed by atoms with Crippen LogP contribution in [0.25, 0.3) is 0 Å². The smallest absolute Gasteiger partial charge is 0.416 e. The Morgan fingerprint density at radius 2 is 1.74 bits per heavy atom. The molecule has 0 aliphatic carbocycles. The first-order chi connectivity index (χ1) is 13.0. The summed E-state index contributed by atoms with van der Waals surface area (Å²) in [5.41, 5.74) is 1.31. The summed E-state index contributed by atoms with van der Waals surface area (Å²) in [5, 5.41) is 0. The summed E-state index contributed by atoms with van der Waals surface area (Å²) in [6, 6.07) is 12.5. The third-order valence-electron chi connectivity index (χ3n) is 3.91. The highest BCUT2D eigenvalue weighted by molar-refractivity contribution is 9.10. The van der Waals surface area contributed by atoms with Crippen molar-refractivity contribution in [2.45, 2.75) is 13.3 Å². The standard InChI is InChI=1S/C20H22BrNO5/c1-4-27-20(24)22(19(23)15-7-5-6-8-16(15)21)12-11-14-9-10-17(25-2)18(13-14)26-3/h5-10,13H,4,11-12H2,1-3H3. The number of benzene rings is 2. The predicted octanol–water partition coefficient (Wildman–Crippen LogP) is 4.31. The molecule has 2 aromatic carbocycles. The number of carbonyl (C=O) groups is 2. The average molecular weight is 436 g/mol. The summed E-state index contributed by atoms with van der Waals surface area (Å²) >= 11 is 3.35. The molecule has 0 saturated carbocycles. The van der Waals surface area contributed by atoms with Gasteiger partial charge >= 0.3 is 6.09 Å². The van der Waals surface area contributed by atoms with Gasteiger partial charge in [0.15, 0.2) is 11.5 Å². The second kappa shape index (κ2) is 9.97. The van der Waals surface area contributed by atoms with Gasteiger partial charge in [-0.25, -0.2) is 9.69 Å². The Bertz CT molecular complexity index is 809. The van der Waals surface area contributed by atoms with E-state index in [0.717, 1.165) is 10.5 Å². The number of amides is 2. The molecule has 0 bridgehead atoms. The molecule has 7 heteroatoms. The zero-order valence-electron chi connectivity index (χ0n) is 15.5. The Kier molecular flexibility index (Phi) is 7.67. The molecule has 0 fully saturated rings. The van der Waals surface area contributed by atoms with E-state index in [1.807, 2.05) is 12.1 Å². The van der Waals surface area contributed by atoms with Gasteiger partial charge < -0.3 is 14.2 Å². The first kappa shape index (κ1) is 20.8. The Balaban J connectivity index is 2.22. The van der Waals surface area contributed by atoms with Crippen LogP contribution in [0.15, 0.2) is 46.9 Å². The van der Waals surface area contributed by atoms with E-state index >= 15 is 0 Å². The normalized spacial score (nSPS) is 10.2. The number of imide groups is 1. The Labute approximate surface area is 167 Å². The molecule has 144 valence electrons. The lowest BCUT2D eigenvalue weighted by Crippen LogP contribution is -2.39. The van der Waals surface area contributed by atoms with Crippen molar-refractivity contribution < 1.29 is 23.8 Å². The van der Waals surface area contributed by atoms with Crippen molar-refractivity contribution in [1.82, 2.24) is 4.90 Å². The van der Waals surface area contributed by atoms with Gasteiger partial charge in [0.05, 0.1) is 26.4 Å². The van der Waals surface area contributed by atoms with Gasteiger partial charge in [-0.05, 0) is 59.1 Å². The first-order valence-electron chi connectivity index (χ1n) is 8.45. The molecule has 0 radical (unpaired) electrons. The Morgan fingerprint density at radius 1 is 1.04 bits per heavy atom. The van der Waals surface area contributed by atoms with Crippen molar-refractivity contribution in [3.8, 4) is 11.5 Å². The van der Waals surface area contributed by atoms with Crippen LogP contribution in [-0.4, -0.2) is 44.3 Å². The molecule has 0 atom stereocenters. The summed E-state index contributed by atoms with van der Waals surface area (Å²) < 4.78 is 16.2. The zero-order chi connectivity index (χ0) is 19.8. The number of hydrogen-bond acceptors (Lipinski definition) is 5. The topological polar surface area (TPSA) is 65.1 Å².